The molecule has 1 saturated carbocycles. The number of pyridine rings is 1. The largest absolute Gasteiger partial charge is 0.370 e. The van der Waals surface area contributed by atoms with Crippen molar-refractivity contribution in [2.24, 2.45) is 17.8 Å². The summed E-state index contributed by atoms with van der Waals surface area (Å²) in [6, 6.07) is 4.24. The molecule has 2 N–H and O–H groups in total. The molecule has 16 heavy (non-hydrogen) atoms. The molecule has 3 nitrogen and oxygen atoms in total. The molecule has 0 amide bonds. The van der Waals surface area contributed by atoms with Crippen LogP contribution in [0.3, 0.4) is 0 Å². The molecule has 1 aliphatic carbocycles. The maximum atomic E-state index is 4.50. The molecule has 1 aromatic heterocycles. The highest BCUT2D eigenvalue weighted by atomic mass is 15.0. The van der Waals surface area contributed by atoms with Crippen molar-refractivity contribution in [3.8, 4) is 0 Å². The molecule has 86 valence electrons. The topological polar surface area (TPSA) is 37.0 Å². The van der Waals surface area contributed by atoms with E-state index in [-0.39, 0.29) is 0 Å². The van der Waals surface area contributed by atoms with Gasteiger partial charge in [0.15, 0.2) is 0 Å². The molecule has 2 heterocycles. The van der Waals surface area contributed by atoms with Crippen molar-refractivity contribution in [3.63, 3.8) is 0 Å². The number of nitrogens with zero attached hydrogens (tertiary/aromatic N) is 1. The monoisotopic (exact) mass is 217 g/mol. The lowest BCUT2D eigenvalue weighted by Gasteiger charge is -2.09. The van der Waals surface area contributed by atoms with Crippen molar-refractivity contribution < 1.29 is 0 Å². The fourth-order valence-electron chi connectivity index (χ4n) is 3.00. The van der Waals surface area contributed by atoms with Gasteiger partial charge in [0.2, 0.25) is 0 Å². The molecule has 0 aromatic carbocycles. The second kappa shape index (κ2) is 3.74. The molecule has 0 bridgehead atoms. The molecule has 2 aliphatic rings. The minimum Gasteiger partial charge on any atom is -0.370 e. The molecule has 1 saturated heterocycles. The predicted octanol–water partition coefficient (Wildman–Crippen LogP) is 1.58. The van der Waals surface area contributed by atoms with Crippen molar-refractivity contribution in [1.82, 2.24) is 10.3 Å². The molecule has 3 heteroatoms. The Morgan fingerprint density at radius 3 is 2.75 bits per heavy atom. The third-order valence-corrected chi connectivity index (χ3v) is 3.89. The Morgan fingerprint density at radius 1 is 1.31 bits per heavy atom. The fraction of sp³-hybridized carbons (Fsp3) is 0.615. The molecule has 0 spiro atoms. The lowest BCUT2D eigenvalue weighted by Crippen LogP contribution is -2.18. The fourth-order valence-corrected chi connectivity index (χ4v) is 3.00. The van der Waals surface area contributed by atoms with Gasteiger partial charge in [-0.05, 0) is 62.4 Å². The van der Waals surface area contributed by atoms with Gasteiger partial charge >= 0.3 is 0 Å². The maximum Gasteiger partial charge on any atom is 0.126 e. The highest BCUT2D eigenvalue weighted by molar-refractivity contribution is 5.39. The van der Waals surface area contributed by atoms with E-state index in [1.807, 2.05) is 6.92 Å². The molecule has 1 aliphatic heterocycles. The molecule has 1 aromatic rings. The molecule has 2 atom stereocenters. The molecule has 2 fully saturated rings. The summed E-state index contributed by atoms with van der Waals surface area (Å²) in [5, 5.41) is 6.90. The molecule has 2 unspecified atom stereocenters. The summed E-state index contributed by atoms with van der Waals surface area (Å²) in [6.45, 7) is 7.70. The Kier molecular flexibility index (Phi) is 2.36. The van der Waals surface area contributed by atoms with E-state index in [0.29, 0.717) is 0 Å². The first-order valence-electron chi connectivity index (χ1n) is 6.14. The lowest BCUT2D eigenvalue weighted by molar-refractivity contribution is 0.614. The van der Waals surface area contributed by atoms with Gasteiger partial charge < -0.3 is 10.6 Å². The van der Waals surface area contributed by atoms with E-state index in [0.717, 1.165) is 35.8 Å². The molecule has 3 rings (SSSR count). The van der Waals surface area contributed by atoms with Crippen molar-refractivity contribution in [3.05, 3.63) is 23.4 Å². The Balaban J connectivity index is 1.58. The zero-order valence-electron chi connectivity index (χ0n) is 9.96. The van der Waals surface area contributed by atoms with Crippen molar-refractivity contribution in [1.29, 1.82) is 0 Å². The number of hydrogen-bond acceptors (Lipinski definition) is 3. The predicted molar refractivity (Wildman–Crippen MR) is 65.5 cm³/mol. The zero-order chi connectivity index (χ0) is 11.1. The van der Waals surface area contributed by atoms with E-state index in [9.17, 15) is 0 Å². The number of aryl methyl sites for hydroxylation is 2. The Hall–Kier alpha value is -1.09. The van der Waals surface area contributed by atoms with Gasteiger partial charge in [0.1, 0.15) is 5.82 Å². The van der Waals surface area contributed by atoms with Crippen molar-refractivity contribution >= 4 is 5.82 Å². The Labute approximate surface area is 96.7 Å². The summed E-state index contributed by atoms with van der Waals surface area (Å²) in [5.41, 5.74) is 2.38. The van der Waals surface area contributed by atoms with E-state index in [1.165, 1.54) is 18.7 Å². The van der Waals surface area contributed by atoms with Crippen LogP contribution in [-0.2, 0) is 0 Å². The van der Waals surface area contributed by atoms with Crippen molar-refractivity contribution in [2.75, 3.05) is 25.0 Å². The SMILES string of the molecule is Cc1cc(C)nc(NCC2C3CNCC32)c1. The summed E-state index contributed by atoms with van der Waals surface area (Å²) in [4.78, 5) is 4.50. The van der Waals surface area contributed by atoms with Crippen molar-refractivity contribution in [2.45, 2.75) is 13.8 Å². The Bertz CT molecular complexity index is 372. The van der Waals surface area contributed by atoms with Crippen LogP contribution in [0, 0.1) is 31.6 Å². The normalized spacial score (nSPS) is 31.2. The number of piperidine rings is 1. The van der Waals surface area contributed by atoms with Gasteiger partial charge in [-0.3, -0.25) is 0 Å². The van der Waals surface area contributed by atoms with Gasteiger partial charge in [-0.15, -0.1) is 0 Å². The minimum atomic E-state index is 0.879. The number of aromatic nitrogens is 1. The first-order chi connectivity index (χ1) is 7.74. The van der Waals surface area contributed by atoms with Gasteiger partial charge in [0.05, 0.1) is 0 Å². The lowest BCUT2D eigenvalue weighted by atomic mass is 10.2. The third kappa shape index (κ3) is 1.80. The molecular weight excluding hydrogens is 198 g/mol. The maximum absolute atomic E-state index is 4.50. The number of fused-ring (bicyclic) bond motifs is 1. The van der Waals surface area contributed by atoms with Crippen LogP contribution in [0.25, 0.3) is 0 Å². The Morgan fingerprint density at radius 2 is 2.06 bits per heavy atom. The highest BCUT2D eigenvalue weighted by Crippen LogP contribution is 2.48. The molecular formula is C13H19N3. The second-order valence-corrected chi connectivity index (χ2v) is 5.20. The van der Waals surface area contributed by atoms with E-state index >= 15 is 0 Å². The second-order valence-electron chi connectivity index (χ2n) is 5.20. The van der Waals surface area contributed by atoms with Gasteiger partial charge in [0.25, 0.3) is 0 Å². The van der Waals surface area contributed by atoms with Crippen LogP contribution < -0.4 is 10.6 Å². The quantitative estimate of drug-likeness (QED) is 0.807. The van der Waals surface area contributed by atoms with E-state index in [2.05, 4.69) is 34.7 Å². The average Bonchev–Trinajstić information content (AvgIpc) is 2.68. The van der Waals surface area contributed by atoms with Crippen LogP contribution in [0.4, 0.5) is 5.82 Å². The van der Waals surface area contributed by atoms with Gasteiger partial charge in [-0.25, -0.2) is 4.98 Å². The average molecular weight is 217 g/mol. The van der Waals surface area contributed by atoms with Crippen LogP contribution in [0.1, 0.15) is 11.3 Å². The van der Waals surface area contributed by atoms with Crippen LogP contribution >= 0.6 is 0 Å². The standard InChI is InChI=1S/C13H19N3/c1-8-3-9(2)16-13(4-8)15-7-12-10-5-14-6-11(10)12/h3-4,10-12,14H,5-7H2,1-2H3,(H,15,16). The number of hydrogen-bond donors (Lipinski definition) is 2. The van der Waals surface area contributed by atoms with Gasteiger partial charge in [-0.1, -0.05) is 0 Å². The summed E-state index contributed by atoms with van der Waals surface area (Å²) in [6.07, 6.45) is 0. The van der Waals surface area contributed by atoms with E-state index in [1.54, 1.807) is 0 Å². The molecule has 0 radical (unpaired) electrons. The summed E-state index contributed by atoms with van der Waals surface area (Å²) < 4.78 is 0. The van der Waals surface area contributed by atoms with Gasteiger partial charge in [0, 0.05) is 12.2 Å². The first-order valence-corrected chi connectivity index (χ1v) is 6.14. The summed E-state index contributed by atoms with van der Waals surface area (Å²) in [7, 11) is 0. The number of rotatable bonds is 3. The number of nitrogens with one attached hydrogen (secondary N) is 2. The summed E-state index contributed by atoms with van der Waals surface area (Å²) in [5.74, 6) is 3.77. The minimum absolute atomic E-state index is 0.879. The van der Waals surface area contributed by atoms with Crippen LogP contribution in [0.15, 0.2) is 12.1 Å². The van der Waals surface area contributed by atoms with E-state index in [4.69, 9.17) is 0 Å². The third-order valence-electron chi connectivity index (χ3n) is 3.89. The zero-order valence-corrected chi connectivity index (χ0v) is 9.96. The number of anilines is 1. The first kappa shape index (κ1) is 10.1. The highest BCUT2D eigenvalue weighted by Gasteiger charge is 2.52. The van der Waals surface area contributed by atoms with Crippen LogP contribution in [-0.4, -0.2) is 24.6 Å². The van der Waals surface area contributed by atoms with Gasteiger partial charge in [-0.2, -0.15) is 0 Å². The summed E-state index contributed by atoms with van der Waals surface area (Å²) >= 11 is 0. The van der Waals surface area contributed by atoms with Crippen LogP contribution in [0.2, 0.25) is 0 Å². The van der Waals surface area contributed by atoms with Crippen LogP contribution in [0.5, 0.6) is 0 Å². The van der Waals surface area contributed by atoms with E-state index < -0.39 is 0 Å². The smallest absolute Gasteiger partial charge is 0.126 e.